The zero-order chi connectivity index (χ0) is 21.7. The molecule has 1 N–H and O–H groups in total. The van der Waals surface area contributed by atoms with Gasteiger partial charge in [-0.15, -0.1) is 0 Å². The Morgan fingerprint density at radius 1 is 1.10 bits per heavy atom. The average Bonchev–Trinajstić information content (AvgIpc) is 3.10. The second-order valence-electron chi connectivity index (χ2n) is 6.48. The van der Waals surface area contributed by atoms with E-state index in [9.17, 15) is 4.79 Å². The van der Waals surface area contributed by atoms with E-state index in [1.807, 2.05) is 19.9 Å². The van der Waals surface area contributed by atoms with Gasteiger partial charge in [0, 0.05) is 28.7 Å². The summed E-state index contributed by atoms with van der Waals surface area (Å²) in [5, 5.41) is 8.95. The number of aromatic nitrogens is 3. The number of carbonyl (C=O) groups excluding carboxylic acids is 1. The van der Waals surface area contributed by atoms with Gasteiger partial charge in [0.25, 0.3) is 0 Å². The Morgan fingerprint density at radius 2 is 1.83 bits per heavy atom. The normalized spacial score (nSPS) is 10.8. The molecule has 9 heteroatoms. The number of nitrogens with zero attached hydrogens (tertiary/aromatic N) is 3. The van der Waals surface area contributed by atoms with Crippen LogP contribution in [-0.4, -0.2) is 27.3 Å². The Balaban J connectivity index is 1.73. The van der Waals surface area contributed by atoms with Gasteiger partial charge in [0.15, 0.2) is 5.82 Å². The molecule has 0 spiro atoms. The van der Waals surface area contributed by atoms with Crippen LogP contribution >= 0.6 is 34.8 Å². The van der Waals surface area contributed by atoms with Gasteiger partial charge in [-0.1, -0.05) is 34.8 Å². The van der Waals surface area contributed by atoms with Crippen molar-refractivity contribution in [3.05, 3.63) is 62.9 Å². The molecule has 3 rings (SSSR count). The lowest BCUT2D eigenvalue weighted by Crippen LogP contribution is -2.26. The maximum absolute atomic E-state index is 12.5. The molecule has 0 aliphatic carbocycles. The third-order valence-corrected chi connectivity index (χ3v) is 5.02. The summed E-state index contributed by atoms with van der Waals surface area (Å²) in [5.41, 5.74) is 1.59. The number of aryl methyl sites for hydroxylation is 1. The van der Waals surface area contributed by atoms with Crippen LogP contribution in [0.4, 0.5) is 0 Å². The number of ether oxygens (including phenoxy) is 1. The van der Waals surface area contributed by atoms with E-state index in [1.54, 1.807) is 35.0 Å². The second kappa shape index (κ2) is 10.2. The number of hydrogen-bond acceptors (Lipinski definition) is 4. The molecule has 0 aliphatic heterocycles. The van der Waals surface area contributed by atoms with E-state index in [0.29, 0.717) is 52.2 Å². The molecule has 1 heterocycles. The summed E-state index contributed by atoms with van der Waals surface area (Å²) in [6, 6.07) is 10.5. The van der Waals surface area contributed by atoms with Gasteiger partial charge in [-0.3, -0.25) is 4.79 Å². The molecule has 30 heavy (non-hydrogen) atoms. The Kier molecular flexibility index (Phi) is 7.58. The lowest BCUT2D eigenvalue weighted by atomic mass is 10.2. The number of hydrogen-bond donors (Lipinski definition) is 1. The molecule has 0 aliphatic rings. The molecule has 0 saturated carbocycles. The van der Waals surface area contributed by atoms with Gasteiger partial charge in [0.05, 0.1) is 18.1 Å². The molecule has 0 unspecified atom stereocenters. The van der Waals surface area contributed by atoms with Crippen molar-refractivity contribution in [1.29, 1.82) is 0 Å². The molecule has 158 valence electrons. The number of amides is 1. The molecule has 1 aromatic heterocycles. The van der Waals surface area contributed by atoms with E-state index in [0.717, 1.165) is 11.1 Å². The first-order valence-electron chi connectivity index (χ1n) is 9.47. The second-order valence-corrected chi connectivity index (χ2v) is 7.76. The smallest absolute Gasteiger partial charge is 0.227 e. The Morgan fingerprint density at radius 3 is 2.50 bits per heavy atom. The van der Waals surface area contributed by atoms with E-state index in [1.165, 1.54) is 0 Å². The van der Waals surface area contributed by atoms with Crippen LogP contribution in [0.3, 0.4) is 0 Å². The topological polar surface area (TPSA) is 69.0 Å². The number of halogens is 3. The number of carbonyl (C=O) groups is 1. The molecular weight excluding hydrogens is 447 g/mol. The zero-order valence-electron chi connectivity index (χ0n) is 16.6. The van der Waals surface area contributed by atoms with Gasteiger partial charge in [-0.25, -0.2) is 9.67 Å². The largest absolute Gasteiger partial charge is 0.492 e. The lowest BCUT2D eigenvalue weighted by Gasteiger charge is -2.07. The quantitative estimate of drug-likeness (QED) is 0.495. The predicted molar refractivity (Wildman–Crippen MR) is 119 cm³/mol. The molecule has 0 fully saturated rings. The minimum Gasteiger partial charge on any atom is -0.492 e. The Labute approximate surface area is 190 Å². The van der Waals surface area contributed by atoms with Crippen molar-refractivity contribution in [2.45, 2.75) is 33.4 Å². The molecular formula is C21H21Cl3N4O2. The Hall–Kier alpha value is -2.28. The van der Waals surface area contributed by atoms with Gasteiger partial charge < -0.3 is 10.1 Å². The third-order valence-electron chi connectivity index (χ3n) is 4.27. The predicted octanol–water partition coefficient (Wildman–Crippen LogP) is 5.18. The lowest BCUT2D eigenvalue weighted by molar-refractivity contribution is -0.120. The first-order valence-corrected chi connectivity index (χ1v) is 10.6. The number of benzene rings is 2. The van der Waals surface area contributed by atoms with E-state index in [-0.39, 0.29) is 12.3 Å². The highest BCUT2D eigenvalue weighted by molar-refractivity contribution is 6.34. The van der Waals surface area contributed by atoms with E-state index >= 15 is 0 Å². The minimum atomic E-state index is -0.175. The summed E-state index contributed by atoms with van der Waals surface area (Å²) in [4.78, 5) is 17.0. The van der Waals surface area contributed by atoms with Crippen LogP contribution in [-0.2, 0) is 24.3 Å². The van der Waals surface area contributed by atoms with Crippen molar-refractivity contribution in [1.82, 2.24) is 20.1 Å². The van der Waals surface area contributed by atoms with E-state index < -0.39 is 0 Å². The fourth-order valence-corrected chi connectivity index (χ4v) is 3.65. The van der Waals surface area contributed by atoms with Crippen LogP contribution in [0.15, 0.2) is 36.4 Å². The van der Waals surface area contributed by atoms with Crippen LogP contribution in [0.2, 0.25) is 15.1 Å². The van der Waals surface area contributed by atoms with Crippen LogP contribution in [0.1, 0.15) is 25.2 Å². The SMILES string of the molecule is CCOc1cc(-c2nc(CC(=O)NCc3cc(Cl)cc(Cl)c3)n(CC)n2)ccc1Cl. The molecule has 0 radical (unpaired) electrons. The summed E-state index contributed by atoms with van der Waals surface area (Å²) in [6.45, 7) is 5.25. The minimum absolute atomic E-state index is 0.0983. The van der Waals surface area contributed by atoms with E-state index in [4.69, 9.17) is 39.5 Å². The van der Waals surface area contributed by atoms with Crippen LogP contribution in [0.25, 0.3) is 11.4 Å². The highest BCUT2D eigenvalue weighted by Gasteiger charge is 2.15. The van der Waals surface area contributed by atoms with Crippen molar-refractivity contribution in [2.75, 3.05) is 6.61 Å². The third kappa shape index (κ3) is 5.65. The zero-order valence-corrected chi connectivity index (χ0v) is 18.9. The fourth-order valence-electron chi connectivity index (χ4n) is 2.91. The molecule has 0 atom stereocenters. The van der Waals surface area contributed by atoms with Gasteiger partial charge in [0.2, 0.25) is 5.91 Å². The Bertz CT molecular complexity index is 1030. The standard InChI is InChI=1S/C21H21Cl3N4O2/c1-3-28-19(11-20(29)25-12-13-7-15(22)10-16(23)8-13)26-21(27-28)14-5-6-17(24)18(9-14)30-4-2/h5-10H,3-4,11-12H2,1-2H3,(H,25,29). The highest BCUT2D eigenvalue weighted by Crippen LogP contribution is 2.29. The first kappa shape index (κ1) is 22.4. The maximum Gasteiger partial charge on any atom is 0.227 e. The highest BCUT2D eigenvalue weighted by atomic mass is 35.5. The first-order chi connectivity index (χ1) is 14.4. The van der Waals surface area contributed by atoms with Crippen LogP contribution in [0.5, 0.6) is 5.75 Å². The van der Waals surface area contributed by atoms with Crippen molar-refractivity contribution < 1.29 is 9.53 Å². The van der Waals surface area contributed by atoms with Gasteiger partial charge in [0.1, 0.15) is 11.6 Å². The van der Waals surface area contributed by atoms with Crippen molar-refractivity contribution in [3.8, 4) is 17.1 Å². The summed E-state index contributed by atoms with van der Waals surface area (Å²) < 4.78 is 7.25. The van der Waals surface area contributed by atoms with Crippen molar-refractivity contribution >= 4 is 40.7 Å². The number of rotatable bonds is 8. The molecule has 0 saturated heterocycles. The number of nitrogens with one attached hydrogen (secondary N) is 1. The van der Waals surface area contributed by atoms with Gasteiger partial charge in [-0.2, -0.15) is 5.10 Å². The van der Waals surface area contributed by atoms with Crippen LogP contribution in [0, 0.1) is 0 Å². The van der Waals surface area contributed by atoms with Crippen molar-refractivity contribution in [3.63, 3.8) is 0 Å². The molecule has 2 aromatic carbocycles. The molecule has 6 nitrogen and oxygen atoms in total. The summed E-state index contributed by atoms with van der Waals surface area (Å²) >= 11 is 18.2. The summed E-state index contributed by atoms with van der Waals surface area (Å²) in [5.74, 6) is 1.48. The monoisotopic (exact) mass is 466 g/mol. The van der Waals surface area contributed by atoms with Crippen LogP contribution < -0.4 is 10.1 Å². The van der Waals surface area contributed by atoms with Crippen molar-refractivity contribution in [2.24, 2.45) is 0 Å². The van der Waals surface area contributed by atoms with Gasteiger partial charge >= 0.3 is 0 Å². The van der Waals surface area contributed by atoms with E-state index in [2.05, 4.69) is 15.4 Å². The van der Waals surface area contributed by atoms with Gasteiger partial charge in [-0.05, 0) is 55.8 Å². The average molecular weight is 468 g/mol. The molecule has 0 bridgehead atoms. The maximum atomic E-state index is 12.5. The summed E-state index contributed by atoms with van der Waals surface area (Å²) in [7, 11) is 0. The fraction of sp³-hybridized carbons (Fsp3) is 0.286. The summed E-state index contributed by atoms with van der Waals surface area (Å²) in [6.07, 6.45) is 0.0983. The molecule has 3 aromatic rings. The molecule has 1 amide bonds.